The number of amides is 1. The largest absolute Gasteiger partial charge is 0.476 e. The number of carbonyl (C=O) groups excluding carboxylic acids is 1. The Morgan fingerprint density at radius 3 is 2.96 bits per heavy atom. The molecule has 1 aliphatic rings. The molecule has 0 saturated carbocycles. The second-order valence-electron chi connectivity index (χ2n) is 6.17. The lowest BCUT2D eigenvalue weighted by Gasteiger charge is -2.36. The Kier molecular flexibility index (Phi) is 6.19. The van der Waals surface area contributed by atoms with Crippen molar-refractivity contribution in [2.75, 3.05) is 18.0 Å². The molecule has 1 fully saturated rings. The third-order valence-electron chi connectivity index (χ3n) is 4.37. The van der Waals surface area contributed by atoms with Gasteiger partial charge in [-0.2, -0.15) is 0 Å². The van der Waals surface area contributed by atoms with E-state index in [-0.39, 0.29) is 11.6 Å². The normalized spacial score (nSPS) is 18.3. The number of aromatic carboxylic acids is 1. The number of anilines is 1. The molecule has 2 unspecified atom stereocenters. The molecule has 0 radical (unpaired) electrons. The first-order chi connectivity index (χ1) is 12.7. The molecule has 2 aromatic rings. The molecule has 2 heterocycles. The molecule has 2 N–H and O–H groups in total. The fraction of sp³-hybridized carbons (Fsp3) is 0.389. The van der Waals surface area contributed by atoms with Crippen LogP contribution in [-0.2, 0) is 16.1 Å². The van der Waals surface area contributed by atoms with E-state index in [0.29, 0.717) is 24.7 Å². The van der Waals surface area contributed by atoms with Crippen LogP contribution >= 0.6 is 11.3 Å². The van der Waals surface area contributed by atoms with E-state index in [1.165, 1.54) is 11.3 Å². The summed E-state index contributed by atoms with van der Waals surface area (Å²) >= 11 is 1.32. The number of carbonyl (C=O) groups is 2. The van der Waals surface area contributed by atoms with Gasteiger partial charge in [-0.1, -0.05) is 30.3 Å². The van der Waals surface area contributed by atoms with Gasteiger partial charge in [0.05, 0.1) is 6.61 Å². The zero-order valence-electron chi connectivity index (χ0n) is 14.2. The van der Waals surface area contributed by atoms with Gasteiger partial charge in [-0.05, 0) is 18.4 Å². The Morgan fingerprint density at radius 2 is 2.27 bits per heavy atom. The molecule has 1 aromatic heterocycles. The van der Waals surface area contributed by atoms with Gasteiger partial charge in [0, 0.05) is 24.4 Å². The number of hydrogen-bond acceptors (Lipinski definition) is 6. The van der Waals surface area contributed by atoms with Gasteiger partial charge in [0.25, 0.3) is 0 Å². The van der Waals surface area contributed by atoms with Gasteiger partial charge in [-0.25, -0.2) is 9.78 Å². The summed E-state index contributed by atoms with van der Waals surface area (Å²) in [6.07, 6.45) is 2.13. The zero-order valence-corrected chi connectivity index (χ0v) is 15.0. The molecule has 7 nitrogen and oxygen atoms in total. The standard InChI is InChI=1S/C18H21N3O4S/c22-12-19-16(25-10-13-5-2-1-3-6-13)14-7-4-8-21(9-14)18-20-15(11-26-18)17(23)24/h1-3,5-6,11-12,14,16H,4,7-10H2,(H,19,22)(H,23,24). The molecule has 3 rings (SSSR count). The monoisotopic (exact) mass is 375 g/mol. The summed E-state index contributed by atoms with van der Waals surface area (Å²) in [5.41, 5.74) is 1.11. The summed E-state index contributed by atoms with van der Waals surface area (Å²) in [6, 6.07) is 9.81. The molecule has 1 aromatic carbocycles. The lowest BCUT2D eigenvalue weighted by atomic mass is 9.96. The van der Waals surface area contributed by atoms with Gasteiger partial charge in [0.2, 0.25) is 6.41 Å². The first kappa shape index (κ1) is 18.3. The van der Waals surface area contributed by atoms with Crippen molar-refractivity contribution >= 4 is 28.8 Å². The summed E-state index contributed by atoms with van der Waals surface area (Å²) in [5, 5.41) is 14.1. The highest BCUT2D eigenvalue weighted by molar-refractivity contribution is 7.13. The molecule has 1 aliphatic heterocycles. The molecule has 0 aliphatic carbocycles. The SMILES string of the molecule is O=CNC(OCc1ccccc1)C1CCCN(c2nc(C(=O)O)cs2)C1. The molecule has 0 spiro atoms. The predicted octanol–water partition coefficient (Wildman–Crippen LogP) is 2.35. The lowest BCUT2D eigenvalue weighted by molar-refractivity contribution is -0.116. The van der Waals surface area contributed by atoms with E-state index < -0.39 is 12.2 Å². The van der Waals surface area contributed by atoms with E-state index in [0.717, 1.165) is 24.9 Å². The van der Waals surface area contributed by atoms with Crippen LogP contribution in [-0.4, -0.2) is 41.8 Å². The van der Waals surface area contributed by atoms with Crippen molar-refractivity contribution < 1.29 is 19.4 Å². The number of thiazole rings is 1. The first-order valence-corrected chi connectivity index (χ1v) is 9.34. The molecule has 0 bridgehead atoms. The third-order valence-corrected chi connectivity index (χ3v) is 5.27. The predicted molar refractivity (Wildman–Crippen MR) is 98.2 cm³/mol. The molecule has 8 heteroatoms. The molecule has 2 atom stereocenters. The number of carboxylic acids is 1. The lowest BCUT2D eigenvalue weighted by Crippen LogP contribution is -2.46. The molecular weight excluding hydrogens is 354 g/mol. The van der Waals surface area contributed by atoms with Crippen LogP contribution in [0, 0.1) is 5.92 Å². The van der Waals surface area contributed by atoms with Crippen LogP contribution < -0.4 is 10.2 Å². The van der Waals surface area contributed by atoms with Gasteiger partial charge in [0.15, 0.2) is 10.8 Å². The maximum absolute atomic E-state index is 11.0. The van der Waals surface area contributed by atoms with Crippen LogP contribution in [0.1, 0.15) is 28.9 Å². The van der Waals surface area contributed by atoms with E-state index in [1.807, 2.05) is 30.3 Å². The van der Waals surface area contributed by atoms with Gasteiger partial charge >= 0.3 is 5.97 Å². The Balaban J connectivity index is 1.64. The minimum Gasteiger partial charge on any atom is -0.476 e. The molecule has 1 saturated heterocycles. The van der Waals surface area contributed by atoms with E-state index in [1.54, 1.807) is 5.38 Å². The summed E-state index contributed by atoms with van der Waals surface area (Å²) < 4.78 is 5.96. The van der Waals surface area contributed by atoms with Crippen molar-refractivity contribution in [3.8, 4) is 0 Å². The maximum Gasteiger partial charge on any atom is 0.355 e. The smallest absolute Gasteiger partial charge is 0.355 e. The number of benzene rings is 1. The van der Waals surface area contributed by atoms with E-state index in [2.05, 4.69) is 15.2 Å². The number of nitrogens with zero attached hydrogens (tertiary/aromatic N) is 2. The molecule has 26 heavy (non-hydrogen) atoms. The average Bonchev–Trinajstić information content (AvgIpc) is 3.17. The van der Waals surface area contributed by atoms with Crippen LogP contribution in [0.15, 0.2) is 35.7 Å². The Bertz CT molecular complexity index is 737. The fourth-order valence-electron chi connectivity index (χ4n) is 3.09. The molecule has 1 amide bonds. The Labute approximate surface area is 155 Å². The Hall–Kier alpha value is -2.45. The van der Waals surface area contributed by atoms with Crippen LogP contribution in [0.25, 0.3) is 0 Å². The zero-order chi connectivity index (χ0) is 18.4. The van der Waals surface area contributed by atoms with Crippen molar-refractivity contribution in [1.29, 1.82) is 0 Å². The van der Waals surface area contributed by atoms with E-state index in [9.17, 15) is 9.59 Å². The van der Waals surface area contributed by atoms with Crippen LogP contribution in [0.4, 0.5) is 5.13 Å². The highest BCUT2D eigenvalue weighted by Crippen LogP contribution is 2.28. The van der Waals surface area contributed by atoms with Crippen molar-refractivity contribution in [3.05, 3.63) is 47.0 Å². The third kappa shape index (κ3) is 4.59. The first-order valence-electron chi connectivity index (χ1n) is 8.46. The summed E-state index contributed by atoms with van der Waals surface area (Å²) in [4.78, 5) is 28.3. The van der Waals surface area contributed by atoms with E-state index >= 15 is 0 Å². The fourth-order valence-corrected chi connectivity index (χ4v) is 3.92. The summed E-state index contributed by atoms with van der Waals surface area (Å²) in [6.45, 7) is 1.89. The topological polar surface area (TPSA) is 91.8 Å². The Morgan fingerprint density at radius 1 is 1.46 bits per heavy atom. The maximum atomic E-state index is 11.0. The summed E-state index contributed by atoms with van der Waals surface area (Å²) in [5.74, 6) is -0.914. The second-order valence-corrected chi connectivity index (χ2v) is 7.01. The van der Waals surface area contributed by atoms with Gasteiger partial charge in [0.1, 0.15) is 6.23 Å². The molecular formula is C18H21N3O4S. The number of carboxylic acid groups (broad SMARTS) is 1. The number of hydrogen-bond donors (Lipinski definition) is 2. The number of ether oxygens (including phenoxy) is 1. The van der Waals surface area contributed by atoms with E-state index in [4.69, 9.17) is 9.84 Å². The van der Waals surface area contributed by atoms with Crippen LogP contribution in [0.2, 0.25) is 0 Å². The van der Waals surface area contributed by atoms with Crippen molar-refractivity contribution in [2.45, 2.75) is 25.7 Å². The minimum absolute atomic E-state index is 0.0648. The number of piperidine rings is 1. The quantitative estimate of drug-likeness (QED) is 0.544. The van der Waals surface area contributed by atoms with Crippen molar-refractivity contribution in [3.63, 3.8) is 0 Å². The van der Waals surface area contributed by atoms with Crippen molar-refractivity contribution in [1.82, 2.24) is 10.3 Å². The molecule has 138 valence electrons. The summed E-state index contributed by atoms with van der Waals surface area (Å²) in [7, 11) is 0. The highest BCUT2D eigenvalue weighted by atomic mass is 32.1. The number of aromatic nitrogens is 1. The van der Waals surface area contributed by atoms with Crippen molar-refractivity contribution in [2.24, 2.45) is 5.92 Å². The van der Waals surface area contributed by atoms with Crippen LogP contribution in [0.5, 0.6) is 0 Å². The van der Waals surface area contributed by atoms with Crippen LogP contribution in [0.3, 0.4) is 0 Å². The number of nitrogens with one attached hydrogen (secondary N) is 1. The average molecular weight is 375 g/mol. The van der Waals surface area contributed by atoms with Gasteiger partial charge in [-0.3, -0.25) is 4.79 Å². The van der Waals surface area contributed by atoms with Gasteiger partial charge in [-0.15, -0.1) is 11.3 Å². The number of rotatable bonds is 8. The van der Waals surface area contributed by atoms with Gasteiger partial charge < -0.3 is 20.1 Å². The highest BCUT2D eigenvalue weighted by Gasteiger charge is 2.29. The minimum atomic E-state index is -1.02. The second kappa shape index (κ2) is 8.77.